The fourth-order valence-electron chi connectivity index (χ4n) is 20.1. The molecule has 0 amide bonds. The van der Waals surface area contributed by atoms with Gasteiger partial charge in [-0.25, -0.2) is 0 Å². The van der Waals surface area contributed by atoms with Gasteiger partial charge in [-0.05, 0) is 157 Å². The van der Waals surface area contributed by atoms with Crippen molar-refractivity contribution < 1.29 is 0 Å². The molecule has 116 heavy (non-hydrogen) atoms. The lowest BCUT2D eigenvalue weighted by Gasteiger charge is -2.46. The van der Waals surface area contributed by atoms with Crippen molar-refractivity contribution in [3.05, 3.63) is 352 Å². The molecule has 17 aromatic carbocycles. The van der Waals surface area contributed by atoms with Gasteiger partial charge in [0.2, 0.25) is 0 Å². The van der Waals surface area contributed by atoms with E-state index in [2.05, 4.69) is 438 Å². The minimum Gasteiger partial charge on any atom is -0.310 e. The third kappa shape index (κ3) is 10.4. The predicted octanol–water partition coefficient (Wildman–Crippen LogP) is 11.1. The number of fused-ring (bicyclic) bond motifs is 13. The van der Waals surface area contributed by atoms with Gasteiger partial charge in [-0.1, -0.05) is 300 Å². The molecular weight excluding hydrogens is 1390 g/mol. The summed E-state index contributed by atoms with van der Waals surface area (Å²) in [6.07, 6.45) is 0. The highest BCUT2D eigenvalue weighted by Crippen LogP contribution is 2.55. The van der Waals surface area contributed by atoms with Crippen LogP contribution in [0, 0.1) is 0 Å². The van der Waals surface area contributed by atoms with Crippen LogP contribution in [0.3, 0.4) is 0 Å². The Bertz CT molecular complexity index is 6940. The number of aromatic nitrogens is 3. The van der Waals surface area contributed by atoms with Gasteiger partial charge in [0.05, 0.1) is 39.1 Å². The standard InChI is InChI=1S/C102H74B9N5/c103-90-88-89-91(104)93(106)95(108)97(110)102(89)114(101(88)96(109)94(107)92(90)105)69-57-86-98-87(58-69)116(100-72(61-29-11-3-12-30-61)41-24-42-73(100)62-31-13-4-14-32-62)85-56-66(64-48-52-83-77(54-64)75-38-20-22-44-81(75)113(83)68-35-17-6-18-36-68)46-50-79(85)111(98)78-49-45-65(63-47-51-82-76(53-63)74-37-19-21-43-80(74)112(82)67-33-15-5-16-34-67)55-84(78)115(86)99-70(59-25-7-1-8-26-59)39-23-40-71(99)60-27-9-2-10-28-60/h1-58H,103-110H2. The molecule has 0 aliphatic carbocycles. The molecule has 3 aromatic heterocycles. The molecule has 0 saturated carbocycles. The van der Waals surface area contributed by atoms with Crippen molar-refractivity contribution >= 4 is 229 Å². The van der Waals surface area contributed by atoms with Crippen molar-refractivity contribution in [2.75, 3.05) is 9.80 Å². The third-order valence-corrected chi connectivity index (χ3v) is 26.2. The summed E-state index contributed by atoms with van der Waals surface area (Å²) in [5.74, 6) is 0. The van der Waals surface area contributed by atoms with Gasteiger partial charge < -0.3 is 23.5 Å². The first-order valence-electron chi connectivity index (χ1n) is 40.7. The van der Waals surface area contributed by atoms with E-state index in [0.29, 0.717) is 0 Å². The lowest BCUT2D eigenvalue weighted by molar-refractivity contribution is 1.17. The number of anilines is 6. The van der Waals surface area contributed by atoms with Crippen LogP contribution >= 0.6 is 0 Å². The molecule has 0 atom stereocenters. The van der Waals surface area contributed by atoms with Crippen molar-refractivity contribution in [3.63, 3.8) is 0 Å². The second kappa shape index (κ2) is 27.0. The summed E-state index contributed by atoms with van der Waals surface area (Å²) in [6.45, 7) is -0.290. The molecule has 5 nitrogen and oxygen atoms in total. The minimum absolute atomic E-state index is 0.290. The summed E-state index contributed by atoms with van der Waals surface area (Å²) in [6, 6.07) is 133. The largest absolute Gasteiger partial charge is 0.310 e. The Morgan fingerprint density at radius 2 is 0.517 bits per heavy atom. The maximum atomic E-state index is 2.73. The van der Waals surface area contributed by atoms with Crippen LogP contribution in [0.4, 0.5) is 34.1 Å². The monoisotopic (exact) mass is 1470 g/mol. The van der Waals surface area contributed by atoms with Crippen molar-refractivity contribution in [1.29, 1.82) is 0 Å². The SMILES string of the molecule is Bc1c(B)c(B)c2c(c1B)c1c(B)c(B)c(B)c(B)c1n2-c1cc2c3c(c1)N(c1c(-c4ccccc4)cccc1-c1ccccc1)c1cc(-c4ccc5c(c4)c4ccccc4n5-c4ccccc4)ccc1B3c1ccc(-c3ccc4c(c3)c3ccccc3n4-c3ccccc3)cc1N2c1c(-c2ccccc2)cccc1-c1ccccc1. The molecule has 22 rings (SSSR count). The van der Waals surface area contributed by atoms with E-state index in [9.17, 15) is 0 Å². The summed E-state index contributed by atoms with van der Waals surface area (Å²) < 4.78 is 7.57. The van der Waals surface area contributed by atoms with Gasteiger partial charge >= 0.3 is 0 Å². The van der Waals surface area contributed by atoms with Gasteiger partial charge in [0.1, 0.15) is 62.8 Å². The third-order valence-electron chi connectivity index (χ3n) is 26.2. The van der Waals surface area contributed by atoms with Crippen LogP contribution in [0.1, 0.15) is 0 Å². The lowest BCUT2D eigenvalue weighted by atomic mass is 9.33. The average molecular weight is 1470 g/mol. The predicted molar refractivity (Wildman–Crippen MR) is 522 cm³/mol. The van der Waals surface area contributed by atoms with Crippen LogP contribution in [0.5, 0.6) is 0 Å². The Kier molecular flexibility index (Phi) is 16.1. The van der Waals surface area contributed by atoms with E-state index >= 15 is 0 Å². The minimum atomic E-state index is -0.290. The molecule has 0 unspecified atom stereocenters. The summed E-state index contributed by atoms with van der Waals surface area (Å²) in [5, 5.41) is 7.49. The van der Waals surface area contributed by atoms with Gasteiger partial charge in [-0.15, -0.1) is 10.9 Å². The summed E-state index contributed by atoms with van der Waals surface area (Å²) >= 11 is 0. The Balaban J connectivity index is 0.919. The highest BCUT2D eigenvalue weighted by atomic mass is 15.2. The fourth-order valence-corrected chi connectivity index (χ4v) is 20.1. The number of nitrogens with zero attached hydrogens (tertiary/aromatic N) is 5. The Morgan fingerprint density at radius 1 is 0.207 bits per heavy atom. The lowest BCUT2D eigenvalue weighted by Crippen LogP contribution is -2.61. The quantitative estimate of drug-likeness (QED) is 0.120. The first kappa shape index (κ1) is 69.1. The average Bonchev–Trinajstić information content (AvgIpc) is 1.00. The highest BCUT2D eigenvalue weighted by Gasteiger charge is 2.46. The number of hydrogen-bond donors (Lipinski definition) is 0. The molecule has 0 spiro atoms. The molecular formula is C102H74B9N5. The van der Waals surface area contributed by atoms with E-state index in [1.165, 1.54) is 126 Å². The number of benzene rings is 17. The molecule has 2 aliphatic heterocycles. The van der Waals surface area contributed by atoms with Gasteiger partial charge in [0.25, 0.3) is 6.71 Å². The second-order valence-electron chi connectivity index (χ2n) is 32.0. The Labute approximate surface area is 683 Å². The number of rotatable bonds is 11. The van der Waals surface area contributed by atoms with E-state index in [1.54, 1.807) is 0 Å². The highest BCUT2D eigenvalue weighted by molar-refractivity contribution is 7.00. The molecule has 0 N–H and O–H groups in total. The first-order chi connectivity index (χ1) is 56.9. The molecule has 2 aliphatic rings. The van der Waals surface area contributed by atoms with Crippen molar-refractivity contribution in [3.8, 4) is 83.8 Å². The fraction of sp³-hybridized carbons (Fsp3) is 0. The zero-order chi connectivity index (χ0) is 77.9. The molecule has 0 radical (unpaired) electrons. The van der Waals surface area contributed by atoms with Gasteiger partial charge in [0, 0.05) is 89.0 Å². The van der Waals surface area contributed by atoms with Crippen LogP contribution in [0.2, 0.25) is 0 Å². The van der Waals surface area contributed by atoms with Crippen molar-refractivity contribution in [2.45, 2.75) is 0 Å². The zero-order valence-electron chi connectivity index (χ0n) is 66.3. The van der Waals surface area contributed by atoms with Crippen LogP contribution in [0.15, 0.2) is 352 Å². The summed E-state index contributed by atoms with van der Waals surface area (Å²) in [5.41, 5.74) is 45.0. The summed E-state index contributed by atoms with van der Waals surface area (Å²) in [7, 11) is 18.9. The molecule has 534 valence electrons. The molecule has 0 saturated heterocycles. The number of hydrogen-bond acceptors (Lipinski definition) is 2. The van der Waals surface area contributed by atoms with Crippen LogP contribution in [-0.4, -0.2) is 83.2 Å². The van der Waals surface area contributed by atoms with Crippen LogP contribution < -0.4 is 69.9 Å². The smallest absolute Gasteiger partial charge is 0.252 e. The van der Waals surface area contributed by atoms with Gasteiger partial charge in [0.15, 0.2) is 0 Å². The van der Waals surface area contributed by atoms with E-state index in [-0.39, 0.29) is 6.71 Å². The van der Waals surface area contributed by atoms with E-state index in [0.717, 1.165) is 118 Å². The topological polar surface area (TPSA) is 21.3 Å². The molecule has 0 bridgehead atoms. The number of para-hydroxylation sites is 6. The second-order valence-corrected chi connectivity index (χ2v) is 32.0. The van der Waals surface area contributed by atoms with E-state index < -0.39 is 0 Å². The molecule has 14 heteroatoms. The van der Waals surface area contributed by atoms with Crippen LogP contribution in [0.25, 0.3) is 149 Å². The normalized spacial score (nSPS) is 12.4. The Hall–Kier alpha value is -13.7. The maximum Gasteiger partial charge on any atom is 0.252 e. The summed E-state index contributed by atoms with van der Waals surface area (Å²) in [4.78, 5) is 5.47. The molecule has 0 fully saturated rings. The van der Waals surface area contributed by atoms with E-state index in [4.69, 9.17) is 0 Å². The maximum absolute atomic E-state index is 2.73. The van der Waals surface area contributed by atoms with Gasteiger partial charge in [-0.2, -0.15) is 0 Å². The first-order valence-corrected chi connectivity index (χ1v) is 40.7. The molecule has 20 aromatic rings. The van der Waals surface area contributed by atoms with E-state index in [1.807, 2.05) is 0 Å². The van der Waals surface area contributed by atoms with Gasteiger partial charge in [-0.3, -0.25) is 0 Å². The Morgan fingerprint density at radius 3 is 0.888 bits per heavy atom. The molecule has 5 heterocycles. The van der Waals surface area contributed by atoms with Crippen LogP contribution in [-0.2, 0) is 0 Å². The van der Waals surface area contributed by atoms with Crippen molar-refractivity contribution in [1.82, 2.24) is 13.7 Å². The van der Waals surface area contributed by atoms with Crippen molar-refractivity contribution in [2.24, 2.45) is 0 Å². The zero-order valence-corrected chi connectivity index (χ0v) is 66.3.